The second kappa shape index (κ2) is 6.13. The number of hydrogen-bond donors (Lipinski definition) is 0. The van der Waals surface area contributed by atoms with Gasteiger partial charge in [0.1, 0.15) is 16.6 Å². The Balaban J connectivity index is 1.58. The largest absolute Gasteiger partial charge is 0.373 e. The summed E-state index contributed by atoms with van der Waals surface area (Å²) in [5, 5.41) is 3.36. The Kier molecular flexibility index (Phi) is 4.26. The standard InChI is InChI=1S/C13H12ClN3OS2/c1-8-10(20-7-15-8)2-4-18-6-11-16-12(14)9-3-5-19-13(9)17-11/h3,5,7H,2,4,6H2,1H3. The summed E-state index contributed by atoms with van der Waals surface area (Å²) in [6.45, 7) is 3.03. The van der Waals surface area contributed by atoms with Gasteiger partial charge in [0.25, 0.3) is 0 Å². The van der Waals surface area contributed by atoms with Gasteiger partial charge in [-0.05, 0) is 18.4 Å². The highest BCUT2D eigenvalue weighted by Gasteiger charge is 2.07. The van der Waals surface area contributed by atoms with E-state index in [9.17, 15) is 0 Å². The number of thiophene rings is 1. The molecule has 0 aliphatic carbocycles. The number of hydrogen-bond acceptors (Lipinski definition) is 6. The highest BCUT2D eigenvalue weighted by atomic mass is 35.5. The quantitative estimate of drug-likeness (QED) is 0.528. The van der Waals surface area contributed by atoms with Crippen LogP contribution in [0.3, 0.4) is 0 Å². The molecule has 3 aromatic rings. The van der Waals surface area contributed by atoms with Crippen LogP contribution in [0.1, 0.15) is 16.4 Å². The van der Waals surface area contributed by atoms with Crippen molar-refractivity contribution in [3.63, 3.8) is 0 Å². The van der Waals surface area contributed by atoms with E-state index in [-0.39, 0.29) is 0 Å². The van der Waals surface area contributed by atoms with Crippen molar-refractivity contribution in [1.29, 1.82) is 0 Å². The van der Waals surface area contributed by atoms with Crippen LogP contribution < -0.4 is 0 Å². The Bertz CT molecular complexity index is 725. The lowest BCUT2D eigenvalue weighted by molar-refractivity contribution is 0.119. The van der Waals surface area contributed by atoms with Gasteiger partial charge in [-0.1, -0.05) is 11.6 Å². The van der Waals surface area contributed by atoms with Gasteiger partial charge < -0.3 is 4.74 Å². The minimum Gasteiger partial charge on any atom is -0.373 e. The SMILES string of the molecule is Cc1ncsc1CCOCc1nc(Cl)c2ccsc2n1. The third kappa shape index (κ3) is 2.98. The molecule has 0 aliphatic heterocycles. The van der Waals surface area contributed by atoms with Crippen molar-refractivity contribution in [2.45, 2.75) is 20.0 Å². The smallest absolute Gasteiger partial charge is 0.157 e. The van der Waals surface area contributed by atoms with E-state index in [2.05, 4.69) is 15.0 Å². The number of aromatic nitrogens is 3. The first-order valence-electron chi connectivity index (χ1n) is 6.10. The lowest BCUT2D eigenvalue weighted by Crippen LogP contribution is -2.02. The Hall–Kier alpha value is -1.08. The lowest BCUT2D eigenvalue weighted by atomic mass is 10.3. The van der Waals surface area contributed by atoms with Gasteiger partial charge in [0.15, 0.2) is 5.82 Å². The maximum Gasteiger partial charge on any atom is 0.157 e. The molecule has 7 heteroatoms. The van der Waals surface area contributed by atoms with Crippen molar-refractivity contribution < 1.29 is 4.74 Å². The number of nitrogens with zero attached hydrogens (tertiary/aromatic N) is 3. The van der Waals surface area contributed by atoms with Crippen LogP contribution in [0.4, 0.5) is 0 Å². The van der Waals surface area contributed by atoms with Crippen LogP contribution in [-0.4, -0.2) is 21.6 Å². The normalized spacial score (nSPS) is 11.3. The van der Waals surface area contributed by atoms with Gasteiger partial charge in [-0.2, -0.15) is 0 Å². The minimum atomic E-state index is 0.380. The number of thiazole rings is 1. The van der Waals surface area contributed by atoms with E-state index in [1.165, 1.54) is 4.88 Å². The highest BCUT2D eigenvalue weighted by Crippen LogP contribution is 2.24. The Morgan fingerprint density at radius 3 is 3.00 bits per heavy atom. The van der Waals surface area contributed by atoms with E-state index in [1.807, 2.05) is 23.9 Å². The average Bonchev–Trinajstić information content (AvgIpc) is 3.04. The van der Waals surface area contributed by atoms with Crippen molar-refractivity contribution >= 4 is 44.5 Å². The fourth-order valence-corrected chi connectivity index (χ4v) is 3.67. The molecule has 0 fully saturated rings. The molecule has 0 atom stereocenters. The minimum absolute atomic E-state index is 0.380. The molecule has 3 rings (SSSR count). The first-order chi connectivity index (χ1) is 9.74. The van der Waals surface area contributed by atoms with E-state index in [4.69, 9.17) is 16.3 Å². The first-order valence-corrected chi connectivity index (χ1v) is 8.24. The molecule has 0 saturated carbocycles. The summed E-state index contributed by atoms with van der Waals surface area (Å²) in [6.07, 6.45) is 0.867. The topological polar surface area (TPSA) is 47.9 Å². The second-order valence-electron chi connectivity index (χ2n) is 4.23. The van der Waals surface area contributed by atoms with Crippen LogP contribution in [-0.2, 0) is 17.8 Å². The van der Waals surface area contributed by atoms with Crippen LogP contribution in [0, 0.1) is 6.92 Å². The van der Waals surface area contributed by atoms with Crippen molar-refractivity contribution in [3.05, 3.63) is 38.5 Å². The monoisotopic (exact) mass is 325 g/mol. The summed E-state index contributed by atoms with van der Waals surface area (Å²) >= 11 is 9.33. The average molecular weight is 326 g/mol. The fraction of sp³-hybridized carbons (Fsp3) is 0.308. The van der Waals surface area contributed by atoms with Gasteiger partial charge in [0.2, 0.25) is 0 Å². The molecule has 0 unspecified atom stereocenters. The molecule has 0 radical (unpaired) electrons. The molecule has 0 amide bonds. The zero-order valence-electron chi connectivity index (χ0n) is 10.8. The summed E-state index contributed by atoms with van der Waals surface area (Å²) < 4.78 is 5.63. The molecule has 3 heterocycles. The van der Waals surface area contributed by atoms with Crippen molar-refractivity contribution in [2.75, 3.05) is 6.61 Å². The van der Waals surface area contributed by atoms with Crippen LogP contribution in [0.5, 0.6) is 0 Å². The number of rotatable bonds is 5. The second-order valence-corrected chi connectivity index (χ2v) is 6.43. The van der Waals surface area contributed by atoms with Crippen molar-refractivity contribution in [2.24, 2.45) is 0 Å². The molecule has 0 aliphatic rings. The number of fused-ring (bicyclic) bond motifs is 1. The number of aryl methyl sites for hydroxylation is 1. The summed E-state index contributed by atoms with van der Waals surface area (Å²) in [5.41, 5.74) is 2.94. The fourth-order valence-electron chi connectivity index (χ4n) is 1.82. The van der Waals surface area contributed by atoms with E-state index in [1.54, 1.807) is 22.7 Å². The third-order valence-corrected chi connectivity index (χ3v) is 4.96. The maximum atomic E-state index is 6.11. The molecule has 4 nitrogen and oxygen atoms in total. The van der Waals surface area contributed by atoms with E-state index in [0.29, 0.717) is 24.2 Å². The van der Waals surface area contributed by atoms with Crippen molar-refractivity contribution in [3.8, 4) is 0 Å². The lowest BCUT2D eigenvalue weighted by Gasteiger charge is -2.04. The molecule has 0 spiro atoms. The zero-order valence-corrected chi connectivity index (χ0v) is 13.2. The summed E-state index contributed by atoms with van der Waals surface area (Å²) in [4.78, 5) is 15.1. The highest BCUT2D eigenvalue weighted by molar-refractivity contribution is 7.16. The molecular formula is C13H12ClN3OS2. The Morgan fingerprint density at radius 2 is 2.20 bits per heavy atom. The van der Waals surface area contributed by atoms with E-state index in [0.717, 1.165) is 22.3 Å². The predicted molar refractivity (Wildman–Crippen MR) is 82.6 cm³/mol. The molecule has 0 saturated heterocycles. The van der Waals surface area contributed by atoms with Gasteiger partial charge in [0.05, 0.1) is 17.8 Å². The Morgan fingerprint density at radius 1 is 1.30 bits per heavy atom. The van der Waals surface area contributed by atoms with Crippen LogP contribution >= 0.6 is 34.3 Å². The Labute approximate surface area is 129 Å². The third-order valence-electron chi connectivity index (χ3n) is 2.87. The molecule has 0 bridgehead atoms. The molecular weight excluding hydrogens is 314 g/mol. The first kappa shape index (κ1) is 13.9. The van der Waals surface area contributed by atoms with Crippen molar-refractivity contribution in [1.82, 2.24) is 15.0 Å². The van der Waals surface area contributed by atoms with E-state index >= 15 is 0 Å². The zero-order chi connectivity index (χ0) is 13.9. The number of halogens is 1. The van der Waals surface area contributed by atoms with Crippen LogP contribution in [0.15, 0.2) is 17.0 Å². The summed E-state index contributed by atoms with van der Waals surface area (Å²) in [7, 11) is 0. The molecule has 0 aromatic carbocycles. The van der Waals surface area contributed by atoms with Gasteiger partial charge in [-0.3, -0.25) is 0 Å². The summed E-state index contributed by atoms with van der Waals surface area (Å²) in [6, 6.07) is 1.93. The predicted octanol–water partition coefficient (Wildman–Crippen LogP) is 3.87. The van der Waals surface area contributed by atoms with Gasteiger partial charge in [-0.15, -0.1) is 22.7 Å². The van der Waals surface area contributed by atoms with Gasteiger partial charge >= 0.3 is 0 Å². The number of ether oxygens (including phenoxy) is 1. The molecule has 0 N–H and O–H groups in total. The summed E-state index contributed by atoms with van der Waals surface area (Å²) in [5.74, 6) is 0.631. The molecule has 20 heavy (non-hydrogen) atoms. The van der Waals surface area contributed by atoms with Gasteiger partial charge in [-0.25, -0.2) is 15.0 Å². The van der Waals surface area contributed by atoms with Crippen LogP contribution in [0.25, 0.3) is 10.2 Å². The van der Waals surface area contributed by atoms with E-state index < -0.39 is 0 Å². The molecule has 3 aromatic heterocycles. The maximum absolute atomic E-state index is 6.11. The van der Waals surface area contributed by atoms with Gasteiger partial charge in [0, 0.05) is 16.7 Å². The van der Waals surface area contributed by atoms with Crippen LogP contribution in [0.2, 0.25) is 5.15 Å². The molecule has 104 valence electrons.